The minimum Gasteiger partial charge on any atom is -0.476 e. The molecule has 0 atom stereocenters. The first kappa shape index (κ1) is 11.6. The minimum atomic E-state index is -1.03. The molecule has 0 saturated carbocycles. The maximum Gasteiger partial charge on any atom is 0.356 e. The van der Waals surface area contributed by atoms with Gasteiger partial charge in [0.05, 0.1) is 12.2 Å². The quantitative estimate of drug-likeness (QED) is 0.906. The molecule has 1 N–H and O–H groups in total. The Labute approximate surface area is 103 Å². The van der Waals surface area contributed by atoms with E-state index in [1.807, 2.05) is 12.1 Å². The lowest BCUT2D eigenvalue weighted by Gasteiger charge is -2.04. The van der Waals surface area contributed by atoms with Crippen LogP contribution in [-0.4, -0.2) is 26.1 Å². The van der Waals surface area contributed by atoms with E-state index in [1.54, 1.807) is 19.1 Å². The molecule has 17 heavy (non-hydrogen) atoms. The molecule has 0 bridgehead atoms. The van der Waals surface area contributed by atoms with Gasteiger partial charge in [0.1, 0.15) is 0 Å². The molecule has 0 radical (unpaired) electrons. The van der Waals surface area contributed by atoms with E-state index in [9.17, 15) is 4.79 Å². The molecule has 0 aliphatic carbocycles. The van der Waals surface area contributed by atoms with Crippen LogP contribution in [0.3, 0.4) is 0 Å². The maximum absolute atomic E-state index is 11.0. The Morgan fingerprint density at radius 3 is 2.94 bits per heavy atom. The van der Waals surface area contributed by atoms with Gasteiger partial charge in [0.2, 0.25) is 0 Å². The van der Waals surface area contributed by atoms with Crippen LogP contribution in [0.15, 0.2) is 24.3 Å². The summed E-state index contributed by atoms with van der Waals surface area (Å²) in [5.74, 6) is -1.03. The Bertz CT molecular complexity index is 566. The third-order valence-electron chi connectivity index (χ3n) is 2.33. The minimum absolute atomic E-state index is 0.102. The lowest BCUT2D eigenvalue weighted by Crippen LogP contribution is -2.11. The van der Waals surface area contributed by atoms with Crippen molar-refractivity contribution in [3.8, 4) is 0 Å². The number of halogens is 1. The lowest BCUT2D eigenvalue weighted by atomic mass is 10.2. The molecule has 2 aromatic rings. The first-order valence-corrected chi connectivity index (χ1v) is 5.33. The van der Waals surface area contributed by atoms with Gasteiger partial charge in [-0.1, -0.05) is 28.9 Å². The van der Waals surface area contributed by atoms with Crippen molar-refractivity contribution < 1.29 is 9.90 Å². The molecule has 88 valence electrons. The summed E-state index contributed by atoms with van der Waals surface area (Å²) in [7, 11) is 0. The second-order valence-electron chi connectivity index (χ2n) is 3.62. The summed E-state index contributed by atoms with van der Waals surface area (Å²) in [5.41, 5.74) is 1.38. The number of benzene rings is 1. The number of aromatic nitrogens is 3. The van der Waals surface area contributed by atoms with Crippen molar-refractivity contribution in [2.75, 3.05) is 0 Å². The van der Waals surface area contributed by atoms with E-state index >= 15 is 0 Å². The second-order valence-corrected chi connectivity index (χ2v) is 4.05. The van der Waals surface area contributed by atoms with Crippen LogP contribution in [-0.2, 0) is 6.54 Å². The molecular formula is C11H10ClN3O2. The Morgan fingerprint density at radius 1 is 1.53 bits per heavy atom. The van der Waals surface area contributed by atoms with E-state index in [1.165, 1.54) is 4.68 Å². The van der Waals surface area contributed by atoms with E-state index < -0.39 is 5.97 Å². The average Bonchev–Trinajstić information content (AvgIpc) is 2.59. The fourth-order valence-corrected chi connectivity index (χ4v) is 1.80. The summed E-state index contributed by atoms with van der Waals surface area (Å²) < 4.78 is 1.35. The molecule has 0 saturated heterocycles. The SMILES string of the molecule is Cc1nnn(Cc2cccc(Cl)c2)c1C(=O)O. The summed E-state index contributed by atoms with van der Waals surface area (Å²) in [4.78, 5) is 11.0. The van der Waals surface area contributed by atoms with Crippen LogP contribution in [0, 0.1) is 6.92 Å². The molecule has 0 aliphatic rings. The molecular weight excluding hydrogens is 242 g/mol. The highest BCUT2D eigenvalue weighted by atomic mass is 35.5. The molecule has 1 aromatic heterocycles. The Kier molecular flexibility index (Phi) is 3.10. The van der Waals surface area contributed by atoms with Gasteiger partial charge in [0, 0.05) is 5.02 Å². The van der Waals surface area contributed by atoms with Crippen LogP contribution in [0.1, 0.15) is 21.7 Å². The number of nitrogens with zero attached hydrogens (tertiary/aromatic N) is 3. The highest BCUT2D eigenvalue weighted by Crippen LogP contribution is 2.13. The van der Waals surface area contributed by atoms with Gasteiger partial charge < -0.3 is 5.11 Å². The van der Waals surface area contributed by atoms with Crippen molar-refractivity contribution in [2.24, 2.45) is 0 Å². The van der Waals surface area contributed by atoms with E-state index in [-0.39, 0.29) is 5.69 Å². The predicted octanol–water partition coefficient (Wildman–Crippen LogP) is 1.99. The van der Waals surface area contributed by atoms with E-state index in [0.29, 0.717) is 17.3 Å². The molecule has 2 rings (SSSR count). The number of aromatic carboxylic acids is 1. The molecule has 1 heterocycles. The van der Waals surface area contributed by atoms with Gasteiger partial charge in [-0.25, -0.2) is 9.48 Å². The fourth-order valence-electron chi connectivity index (χ4n) is 1.58. The molecule has 1 aromatic carbocycles. The van der Waals surface area contributed by atoms with Crippen LogP contribution >= 0.6 is 11.6 Å². The van der Waals surface area contributed by atoms with Crippen LogP contribution in [0.5, 0.6) is 0 Å². The van der Waals surface area contributed by atoms with Crippen molar-refractivity contribution in [1.82, 2.24) is 15.0 Å². The monoisotopic (exact) mass is 251 g/mol. The van der Waals surface area contributed by atoms with Crippen molar-refractivity contribution in [3.05, 3.63) is 46.2 Å². The lowest BCUT2D eigenvalue weighted by molar-refractivity contribution is 0.0683. The predicted molar refractivity (Wildman–Crippen MR) is 62.3 cm³/mol. The van der Waals surface area contributed by atoms with E-state index in [2.05, 4.69) is 10.3 Å². The van der Waals surface area contributed by atoms with E-state index in [0.717, 1.165) is 5.56 Å². The maximum atomic E-state index is 11.0. The molecule has 6 heteroatoms. The standard InChI is InChI=1S/C11H10ClN3O2/c1-7-10(11(16)17)15(14-13-7)6-8-3-2-4-9(12)5-8/h2-5H,6H2,1H3,(H,16,17). The van der Waals surface area contributed by atoms with Gasteiger partial charge in [-0.3, -0.25) is 0 Å². The van der Waals surface area contributed by atoms with Gasteiger partial charge in [0.15, 0.2) is 5.69 Å². The first-order valence-electron chi connectivity index (χ1n) is 4.96. The van der Waals surface area contributed by atoms with Crippen LogP contribution < -0.4 is 0 Å². The second kappa shape index (κ2) is 4.55. The van der Waals surface area contributed by atoms with Crippen LogP contribution in [0.4, 0.5) is 0 Å². The number of hydrogen-bond donors (Lipinski definition) is 1. The zero-order valence-electron chi connectivity index (χ0n) is 9.09. The summed E-state index contributed by atoms with van der Waals surface area (Å²) in [6, 6.07) is 7.19. The number of aryl methyl sites for hydroxylation is 1. The number of carboxylic acids is 1. The van der Waals surface area contributed by atoms with Gasteiger partial charge in [0.25, 0.3) is 0 Å². The van der Waals surface area contributed by atoms with Crippen LogP contribution in [0.2, 0.25) is 5.02 Å². The van der Waals surface area contributed by atoms with Crippen molar-refractivity contribution in [1.29, 1.82) is 0 Å². The number of rotatable bonds is 3. The number of carbonyl (C=O) groups is 1. The molecule has 5 nitrogen and oxygen atoms in total. The number of hydrogen-bond acceptors (Lipinski definition) is 3. The molecule has 0 fully saturated rings. The average molecular weight is 252 g/mol. The zero-order valence-corrected chi connectivity index (χ0v) is 9.85. The molecule has 0 aliphatic heterocycles. The smallest absolute Gasteiger partial charge is 0.356 e. The van der Waals surface area contributed by atoms with E-state index in [4.69, 9.17) is 16.7 Å². The Morgan fingerprint density at radius 2 is 2.29 bits per heavy atom. The van der Waals surface area contributed by atoms with Gasteiger partial charge >= 0.3 is 5.97 Å². The summed E-state index contributed by atoms with van der Waals surface area (Å²) in [6.45, 7) is 1.95. The van der Waals surface area contributed by atoms with Crippen molar-refractivity contribution in [3.63, 3.8) is 0 Å². The third-order valence-corrected chi connectivity index (χ3v) is 2.56. The molecule has 0 amide bonds. The largest absolute Gasteiger partial charge is 0.476 e. The Balaban J connectivity index is 2.33. The van der Waals surface area contributed by atoms with Crippen molar-refractivity contribution in [2.45, 2.75) is 13.5 Å². The highest BCUT2D eigenvalue weighted by molar-refractivity contribution is 6.30. The van der Waals surface area contributed by atoms with Crippen molar-refractivity contribution >= 4 is 17.6 Å². The fraction of sp³-hybridized carbons (Fsp3) is 0.182. The highest BCUT2D eigenvalue weighted by Gasteiger charge is 2.16. The van der Waals surface area contributed by atoms with Gasteiger partial charge in [-0.15, -0.1) is 5.10 Å². The summed E-state index contributed by atoms with van der Waals surface area (Å²) in [6.07, 6.45) is 0. The number of carboxylic acid groups (broad SMARTS) is 1. The van der Waals surface area contributed by atoms with Gasteiger partial charge in [-0.05, 0) is 24.6 Å². The normalized spacial score (nSPS) is 10.5. The molecule has 0 spiro atoms. The Hall–Kier alpha value is -1.88. The molecule has 0 unspecified atom stereocenters. The summed E-state index contributed by atoms with van der Waals surface area (Å²) in [5, 5.41) is 17.2. The van der Waals surface area contributed by atoms with Gasteiger partial charge in [-0.2, -0.15) is 0 Å². The van der Waals surface area contributed by atoms with Crippen LogP contribution in [0.25, 0.3) is 0 Å². The zero-order chi connectivity index (χ0) is 12.4. The first-order chi connectivity index (χ1) is 8.08. The summed E-state index contributed by atoms with van der Waals surface area (Å²) >= 11 is 5.86. The topological polar surface area (TPSA) is 68.0 Å². The third kappa shape index (κ3) is 2.45.